The molecule has 1 aliphatic heterocycles. The highest BCUT2D eigenvalue weighted by Gasteiger charge is 2.34. The molecule has 1 N–H and O–H groups in total. The molecule has 2 heterocycles. The number of hydrogen-bond acceptors (Lipinski definition) is 5. The van der Waals surface area contributed by atoms with Gasteiger partial charge in [0.1, 0.15) is 5.01 Å². The molecule has 0 saturated carbocycles. The number of rotatable bonds is 4. The van der Waals surface area contributed by atoms with Gasteiger partial charge in [0, 0.05) is 35.2 Å². The Morgan fingerprint density at radius 3 is 2.82 bits per heavy atom. The van der Waals surface area contributed by atoms with Gasteiger partial charge in [-0.1, -0.05) is 41.1 Å². The minimum atomic E-state index is -0.297. The summed E-state index contributed by atoms with van der Waals surface area (Å²) in [6.07, 6.45) is 0.380. The fraction of sp³-hybridized carbons (Fsp3) is 0.200. The first kappa shape index (κ1) is 18.6. The van der Waals surface area contributed by atoms with Crippen molar-refractivity contribution in [2.45, 2.75) is 19.3 Å². The molecule has 1 atom stereocenters. The Hall–Kier alpha value is -2.77. The molecule has 3 aromatic rings. The summed E-state index contributed by atoms with van der Waals surface area (Å²) >= 11 is 7.22. The predicted octanol–water partition coefficient (Wildman–Crippen LogP) is 4.27. The van der Waals surface area contributed by atoms with E-state index in [2.05, 4.69) is 15.5 Å². The van der Waals surface area contributed by atoms with Crippen molar-refractivity contribution in [3.05, 3.63) is 69.7 Å². The van der Waals surface area contributed by atoms with E-state index < -0.39 is 0 Å². The van der Waals surface area contributed by atoms with Crippen molar-refractivity contribution >= 4 is 45.6 Å². The Balaban J connectivity index is 1.46. The van der Waals surface area contributed by atoms with Gasteiger partial charge in [-0.15, -0.1) is 10.2 Å². The number of halogens is 1. The number of carbonyl (C=O) groups is 2. The lowest BCUT2D eigenvalue weighted by Gasteiger charge is -2.16. The van der Waals surface area contributed by atoms with Crippen LogP contribution in [0.5, 0.6) is 0 Å². The molecule has 8 heteroatoms. The molecule has 6 nitrogen and oxygen atoms in total. The highest BCUT2D eigenvalue weighted by atomic mass is 35.5. The number of hydrogen-bond donors (Lipinski definition) is 1. The number of aryl methyl sites for hydroxylation is 1. The van der Waals surface area contributed by atoms with Crippen LogP contribution in [0.4, 0.5) is 10.8 Å². The summed E-state index contributed by atoms with van der Waals surface area (Å²) in [4.78, 5) is 26.6. The van der Waals surface area contributed by atoms with Crippen molar-refractivity contribution < 1.29 is 9.59 Å². The van der Waals surface area contributed by atoms with Gasteiger partial charge in [0.25, 0.3) is 5.91 Å². The molecular weight excluding hydrogens is 396 g/mol. The number of carbonyl (C=O) groups excluding carboxylic acids is 2. The lowest BCUT2D eigenvalue weighted by molar-refractivity contribution is -0.117. The lowest BCUT2D eigenvalue weighted by Crippen LogP contribution is -2.24. The molecule has 0 bridgehead atoms. The molecule has 2 amide bonds. The molecule has 0 spiro atoms. The predicted molar refractivity (Wildman–Crippen MR) is 110 cm³/mol. The molecule has 4 rings (SSSR count). The van der Waals surface area contributed by atoms with Crippen LogP contribution in [0.1, 0.15) is 33.3 Å². The fourth-order valence-electron chi connectivity index (χ4n) is 3.17. The summed E-state index contributed by atoms with van der Waals surface area (Å²) in [7, 11) is 0. The Bertz CT molecular complexity index is 1050. The Labute approximate surface area is 171 Å². The molecule has 0 radical (unpaired) electrons. The van der Waals surface area contributed by atoms with Crippen LogP contribution >= 0.6 is 22.9 Å². The topological polar surface area (TPSA) is 75.2 Å². The third-order valence-corrected chi connectivity index (χ3v) is 5.77. The molecule has 1 aromatic heterocycles. The van der Waals surface area contributed by atoms with Gasteiger partial charge in [0.15, 0.2) is 0 Å². The van der Waals surface area contributed by atoms with Gasteiger partial charge in [-0.3, -0.25) is 14.9 Å². The highest BCUT2D eigenvalue weighted by Crippen LogP contribution is 2.34. The van der Waals surface area contributed by atoms with Gasteiger partial charge in [0.2, 0.25) is 11.0 Å². The normalized spacial score (nSPS) is 16.4. The van der Waals surface area contributed by atoms with Crippen LogP contribution in [0.25, 0.3) is 0 Å². The average Bonchev–Trinajstić information content (AvgIpc) is 3.28. The number of benzene rings is 2. The summed E-state index contributed by atoms with van der Waals surface area (Å²) in [5.74, 6) is -0.272. The quantitative estimate of drug-likeness (QED) is 0.694. The van der Waals surface area contributed by atoms with E-state index in [1.807, 2.05) is 31.2 Å². The van der Waals surface area contributed by atoms with Crippen molar-refractivity contribution in [1.29, 1.82) is 0 Å². The van der Waals surface area contributed by atoms with Crippen LogP contribution in [0.2, 0.25) is 5.02 Å². The standard InChI is InChI=1S/C20H17ClN4O2S/c1-12-4-2-7-16(8-12)25-11-14(10-17(25)26)19-23-24-20(28-19)22-18(27)13-5-3-6-15(21)9-13/h2-9,14H,10-11H2,1H3,(H,22,24,27). The number of nitrogens with one attached hydrogen (secondary N) is 1. The molecule has 2 aromatic carbocycles. The number of nitrogens with zero attached hydrogens (tertiary/aromatic N) is 3. The third-order valence-electron chi connectivity index (χ3n) is 4.54. The van der Waals surface area contributed by atoms with Crippen LogP contribution < -0.4 is 10.2 Å². The van der Waals surface area contributed by atoms with Crippen molar-refractivity contribution in [2.75, 3.05) is 16.8 Å². The summed E-state index contributed by atoms with van der Waals surface area (Å²) < 4.78 is 0. The Morgan fingerprint density at radius 2 is 2.04 bits per heavy atom. The maximum absolute atomic E-state index is 12.5. The second-order valence-corrected chi connectivity index (χ2v) is 8.10. The summed E-state index contributed by atoms with van der Waals surface area (Å²) in [6.45, 7) is 2.56. The first-order valence-corrected chi connectivity index (χ1v) is 9.96. The van der Waals surface area contributed by atoms with Crippen LogP contribution in [0.3, 0.4) is 0 Å². The fourth-order valence-corrected chi connectivity index (χ4v) is 4.19. The van der Waals surface area contributed by atoms with E-state index in [-0.39, 0.29) is 17.7 Å². The van der Waals surface area contributed by atoms with Crippen LogP contribution in [0, 0.1) is 6.92 Å². The molecule has 1 saturated heterocycles. The average molecular weight is 413 g/mol. The van der Waals surface area contributed by atoms with E-state index in [0.717, 1.165) is 16.3 Å². The zero-order chi connectivity index (χ0) is 19.7. The van der Waals surface area contributed by atoms with Crippen LogP contribution in [0.15, 0.2) is 48.5 Å². The second-order valence-electron chi connectivity index (χ2n) is 6.65. The van der Waals surface area contributed by atoms with E-state index in [1.165, 1.54) is 11.3 Å². The van der Waals surface area contributed by atoms with Gasteiger partial charge < -0.3 is 4.90 Å². The van der Waals surface area contributed by atoms with E-state index in [9.17, 15) is 9.59 Å². The van der Waals surface area contributed by atoms with Crippen molar-refractivity contribution in [3.8, 4) is 0 Å². The summed E-state index contributed by atoms with van der Waals surface area (Å²) in [5.41, 5.74) is 2.45. The van der Waals surface area contributed by atoms with E-state index in [1.54, 1.807) is 29.2 Å². The van der Waals surface area contributed by atoms with Crippen molar-refractivity contribution in [2.24, 2.45) is 0 Å². The third kappa shape index (κ3) is 3.90. The largest absolute Gasteiger partial charge is 0.312 e. The first-order valence-electron chi connectivity index (χ1n) is 8.77. The molecule has 28 heavy (non-hydrogen) atoms. The molecule has 1 aliphatic rings. The molecule has 1 fully saturated rings. The van der Waals surface area contributed by atoms with Gasteiger partial charge >= 0.3 is 0 Å². The molecular formula is C20H17ClN4O2S. The monoisotopic (exact) mass is 412 g/mol. The maximum Gasteiger partial charge on any atom is 0.257 e. The number of aromatic nitrogens is 2. The van der Waals surface area contributed by atoms with E-state index >= 15 is 0 Å². The highest BCUT2D eigenvalue weighted by molar-refractivity contribution is 7.15. The zero-order valence-corrected chi connectivity index (χ0v) is 16.6. The smallest absolute Gasteiger partial charge is 0.257 e. The number of amides is 2. The maximum atomic E-state index is 12.5. The summed E-state index contributed by atoms with van der Waals surface area (Å²) in [6, 6.07) is 14.6. The van der Waals surface area contributed by atoms with E-state index in [0.29, 0.717) is 28.7 Å². The van der Waals surface area contributed by atoms with Crippen molar-refractivity contribution in [1.82, 2.24) is 10.2 Å². The van der Waals surface area contributed by atoms with Gasteiger partial charge in [-0.05, 0) is 42.8 Å². The minimum absolute atomic E-state index is 0.0395. The lowest BCUT2D eigenvalue weighted by atomic mass is 10.1. The zero-order valence-electron chi connectivity index (χ0n) is 15.1. The minimum Gasteiger partial charge on any atom is -0.312 e. The Morgan fingerprint density at radius 1 is 1.21 bits per heavy atom. The van der Waals surface area contributed by atoms with Crippen molar-refractivity contribution in [3.63, 3.8) is 0 Å². The SMILES string of the molecule is Cc1cccc(N2CC(c3nnc(NC(=O)c4cccc(Cl)c4)s3)CC2=O)c1. The van der Waals surface area contributed by atoms with Crippen LogP contribution in [-0.2, 0) is 4.79 Å². The first-order chi connectivity index (χ1) is 13.5. The van der Waals surface area contributed by atoms with Gasteiger partial charge in [-0.25, -0.2) is 0 Å². The van der Waals surface area contributed by atoms with Gasteiger partial charge in [0.05, 0.1) is 0 Å². The number of anilines is 2. The van der Waals surface area contributed by atoms with E-state index in [4.69, 9.17) is 11.6 Å². The van der Waals surface area contributed by atoms with Gasteiger partial charge in [-0.2, -0.15) is 0 Å². The summed E-state index contributed by atoms with van der Waals surface area (Å²) in [5, 5.41) is 12.6. The molecule has 0 aliphatic carbocycles. The van der Waals surface area contributed by atoms with Crippen LogP contribution in [-0.4, -0.2) is 28.6 Å². The molecule has 1 unspecified atom stereocenters. The second kappa shape index (κ2) is 7.69. The molecule has 142 valence electrons. The Kier molecular flexibility index (Phi) is 5.11.